The molecule has 0 aliphatic heterocycles. The van der Waals surface area contributed by atoms with E-state index < -0.39 is 0 Å². The Balaban J connectivity index is 2.08. The molecule has 1 aromatic carbocycles. The summed E-state index contributed by atoms with van der Waals surface area (Å²) in [7, 11) is 0. The van der Waals surface area contributed by atoms with Crippen LogP contribution in [0.25, 0.3) is 28.0 Å². The molecule has 0 bridgehead atoms. The Bertz CT molecular complexity index is 1050. The number of hydrogen-bond donors (Lipinski definition) is 1. The second-order valence-electron chi connectivity index (χ2n) is 4.92. The molecule has 3 heterocycles. The van der Waals surface area contributed by atoms with Crippen LogP contribution >= 0.6 is 0 Å². The normalized spacial score (nSPS) is 11.0. The average Bonchev–Trinajstić information content (AvgIpc) is 2.95. The number of aromatic amines is 1. The van der Waals surface area contributed by atoms with Gasteiger partial charge < -0.3 is 0 Å². The van der Waals surface area contributed by atoms with E-state index in [-0.39, 0.29) is 11.4 Å². The predicted octanol–water partition coefficient (Wildman–Crippen LogP) is 2.29. The van der Waals surface area contributed by atoms with Gasteiger partial charge in [-0.3, -0.25) is 9.78 Å². The molecule has 1 N–H and O–H groups in total. The van der Waals surface area contributed by atoms with Crippen LogP contribution in [0.5, 0.6) is 0 Å². The quantitative estimate of drug-likeness (QED) is 0.616. The predicted molar refractivity (Wildman–Crippen MR) is 82.2 cm³/mol. The largest absolute Gasteiger partial charge is 0.268 e. The van der Waals surface area contributed by atoms with Gasteiger partial charge in [-0.2, -0.15) is 10.2 Å². The number of halogens is 1. The van der Waals surface area contributed by atoms with Crippen LogP contribution in [-0.2, 0) is 0 Å². The molecule has 0 saturated heterocycles. The minimum Gasteiger partial charge on any atom is -0.268 e. The molecular weight excluding hydrogens is 297 g/mol. The third-order valence-electron chi connectivity index (χ3n) is 3.50. The van der Waals surface area contributed by atoms with Crippen molar-refractivity contribution < 1.29 is 4.39 Å². The first-order valence-electron chi connectivity index (χ1n) is 6.87. The van der Waals surface area contributed by atoms with Gasteiger partial charge in [-0.15, -0.1) is 0 Å². The summed E-state index contributed by atoms with van der Waals surface area (Å²) in [6.07, 6.45) is 4.89. The monoisotopic (exact) mass is 307 g/mol. The molecular formula is C16H10FN5O. The Morgan fingerprint density at radius 3 is 2.78 bits per heavy atom. The first-order valence-corrected chi connectivity index (χ1v) is 6.87. The van der Waals surface area contributed by atoms with E-state index in [1.54, 1.807) is 47.4 Å². The highest BCUT2D eigenvalue weighted by Gasteiger charge is 2.19. The van der Waals surface area contributed by atoms with Crippen LogP contribution in [0, 0.1) is 5.82 Å². The Labute approximate surface area is 129 Å². The van der Waals surface area contributed by atoms with Crippen molar-refractivity contribution in [2.24, 2.45) is 0 Å². The molecule has 0 saturated carbocycles. The molecule has 4 aromatic rings. The van der Waals surface area contributed by atoms with Gasteiger partial charge in [0.05, 0.1) is 23.0 Å². The fourth-order valence-corrected chi connectivity index (χ4v) is 2.48. The van der Waals surface area contributed by atoms with Crippen LogP contribution in [0.4, 0.5) is 4.39 Å². The number of H-pyrrole nitrogens is 1. The van der Waals surface area contributed by atoms with Crippen molar-refractivity contribution in [2.45, 2.75) is 0 Å². The number of rotatable bonds is 2. The van der Waals surface area contributed by atoms with Gasteiger partial charge in [-0.05, 0) is 18.2 Å². The summed E-state index contributed by atoms with van der Waals surface area (Å²) in [6.45, 7) is 0. The average molecular weight is 307 g/mol. The number of hydrogen-bond acceptors (Lipinski definition) is 4. The van der Waals surface area contributed by atoms with Crippen molar-refractivity contribution in [3.63, 3.8) is 0 Å². The fraction of sp³-hybridized carbons (Fsp3) is 0. The zero-order valence-corrected chi connectivity index (χ0v) is 11.8. The Morgan fingerprint density at radius 1 is 1.13 bits per heavy atom. The molecule has 23 heavy (non-hydrogen) atoms. The second kappa shape index (κ2) is 5.13. The van der Waals surface area contributed by atoms with E-state index in [2.05, 4.69) is 20.3 Å². The lowest BCUT2D eigenvalue weighted by atomic mass is 10.0. The lowest BCUT2D eigenvalue weighted by molar-refractivity contribution is 0.630. The summed E-state index contributed by atoms with van der Waals surface area (Å²) in [6, 6.07) is 9.33. The van der Waals surface area contributed by atoms with Crippen LogP contribution in [0.1, 0.15) is 0 Å². The summed E-state index contributed by atoms with van der Waals surface area (Å²) in [4.78, 5) is 15.3. The maximum absolute atomic E-state index is 14.2. The minimum absolute atomic E-state index is 0.309. The molecule has 3 aromatic heterocycles. The van der Waals surface area contributed by atoms with Crippen LogP contribution in [0.15, 0.2) is 59.8 Å². The first-order chi connectivity index (χ1) is 11.2. The Morgan fingerprint density at radius 2 is 2.00 bits per heavy atom. The van der Waals surface area contributed by atoms with Gasteiger partial charge in [0.15, 0.2) is 0 Å². The SMILES string of the molecule is O=c1ccc(-c2c(-c3ccccc3F)nn3ccncc23)n[nH]1. The third-order valence-corrected chi connectivity index (χ3v) is 3.50. The molecule has 112 valence electrons. The van der Waals surface area contributed by atoms with Crippen molar-refractivity contribution >= 4 is 5.52 Å². The third kappa shape index (κ3) is 2.18. The van der Waals surface area contributed by atoms with E-state index in [9.17, 15) is 9.18 Å². The molecule has 0 fully saturated rings. The van der Waals surface area contributed by atoms with Crippen molar-refractivity contribution in [2.75, 3.05) is 0 Å². The summed E-state index contributed by atoms with van der Waals surface area (Å²) in [5, 5.41) is 10.9. The Hall–Kier alpha value is -3.35. The highest BCUT2D eigenvalue weighted by atomic mass is 19.1. The molecule has 0 unspecified atom stereocenters. The number of fused-ring (bicyclic) bond motifs is 1. The van der Waals surface area contributed by atoms with E-state index in [1.165, 1.54) is 12.1 Å². The molecule has 0 radical (unpaired) electrons. The van der Waals surface area contributed by atoms with E-state index >= 15 is 0 Å². The van der Waals surface area contributed by atoms with Gasteiger partial charge in [-0.25, -0.2) is 14.0 Å². The summed E-state index contributed by atoms with van der Waals surface area (Å²) >= 11 is 0. The maximum Gasteiger partial charge on any atom is 0.264 e. The maximum atomic E-state index is 14.2. The van der Waals surface area contributed by atoms with Crippen LogP contribution in [-0.4, -0.2) is 24.8 Å². The smallest absolute Gasteiger partial charge is 0.264 e. The van der Waals surface area contributed by atoms with Crippen molar-refractivity contribution in [1.29, 1.82) is 0 Å². The van der Waals surface area contributed by atoms with Gasteiger partial charge in [0.25, 0.3) is 5.56 Å². The van der Waals surface area contributed by atoms with Gasteiger partial charge in [-0.1, -0.05) is 12.1 Å². The van der Waals surface area contributed by atoms with Crippen LogP contribution in [0.2, 0.25) is 0 Å². The fourth-order valence-electron chi connectivity index (χ4n) is 2.48. The van der Waals surface area contributed by atoms with Gasteiger partial charge in [0.1, 0.15) is 11.5 Å². The van der Waals surface area contributed by atoms with Crippen molar-refractivity contribution in [1.82, 2.24) is 24.8 Å². The molecule has 7 heteroatoms. The molecule has 0 aliphatic carbocycles. The van der Waals surface area contributed by atoms with Gasteiger partial charge in [0, 0.05) is 24.0 Å². The first kappa shape index (κ1) is 13.3. The number of nitrogens with one attached hydrogen (secondary N) is 1. The molecule has 6 nitrogen and oxygen atoms in total. The van der Waals surface area contributed by atoms with E-state index in [4.69, 9.17) is 0 Å². The second-order valence-corrected chi connectivity index (χ2v) is 4.92. The van der Waals surface area contributed by atoms with Gasteiger partial charge in [0.2, 0.25) is 0 Å². The van der Waals surface area contributed by atoms with Crippen molar-refractivity contribution in [3.8, 4) is 22.5 Å². The van der Waals surface area contributed by atoms with E-state index in [0.29, 0.717) is 28.0 Å². The van der Waals surface area contributed by atoms with Crippen LogP contribution < -0.4 is 5.56 Å². The zero-order chi connectivity index (χ0) is 15.8. The Kier molecular flexibility index (Phi) is 2.97. The molecule has 0 aliphatic rings. The highest BCUT2D eigenvalue weighted by molar-refractivity contribution is 5.90. The summed E-state index contributed by atoms with van der Waals surface area (Å²) in [5.41, 5.74) is 2.27. The van der Waals surface area contributed by atoms with Crippen LogP contribution in [0.3, 0.4) is 0 Å². The number of benzene rings is 1. The van der Waals surface area contributed by atoms with E-state index in [0.717, 1.165) is 0 Å². The molecule has 0 spiro atoms. The summed E-state index contributed by atoms with van der Waals surface area (Å²) in [5.74, 6) is -0.380. The lowest BCUT2D eigenvalue weighted by Gasteiger charge is -2.03. The zero-order valence-electron chi connectivity index (χ0n) is 11.8. The summed E-state index contributed by atoms with van der Waals surface area (Å²) < 4.78 is 15.8. The highest BCUT2D eigenvalue weighted by Crippen LogP contribution is 2.34. The molecule has 4 rings (SSSR count). The minimum atomic E-state index is -0.380. The van der Waals surface area contributed by atoms with E-state index in [1.807, 2.05) is 0 Å². The lowest BCUT2D eigenvalue weighted by Crippen LogP contribution is -2.05. The number of aromatic nitrogens is 5. The van der Waals surface area contributed by atoms with Crippen molar-refractivity contribution in [3.05, 3.63) is 71.2 Å². The standard InChI is InChI=1S/C16H10FN5O/c17-11-4-2-1-3-10(11)16-15(12-5-6-14(23)20-19-12)13-9-18-7-8-22(13)21-16/h1-9H,(H,20,23). The molecule has 0 amide bonds. The topological polar surface area (TPSA) is 75.9 Å². The molecule has 0 atom stereocenters. The number of nitrogens with zero attached hydrogens (tertiary/aromatic N) is 4. The van der Waals surface area contributed by atoms with Gasteiger partial charge >= 0.3 is 0 Å².